The largest absolute Gasteiger partial charge is 0.330 e. The molecule has 1 unspecified atom stereocenters. The molecule has 0 bridgehead atoms. The lowest BCUT2D eigenvalue weighted by molar-refractivity contribution is 0.543. The van der Waals surface area contributed by atoms with Crippen LogP contribution in [0.3, 0.4) is 0 Å². The van der Waals surface area contributed by atoms with Crippen LogP contribution in [0.1, 0.15) is 35.6 Å². The highest BCUT2D eigenvalue weighted by molar-refractivity contribution is 5.33. The molecular weight excluding hydrogens is 160 g/mol. The molecule has 2 nitrogen and oxygen atoms in total. The number of pyridine rings is 1. The molecule has 2 rings (SSSR count). The van der Waals surface area contributed by atoms with Gasteiger partial charge >= 0.3 is 0 Å². The summed E-state index contributed by atoms with van der Waals surface area (Å²) in [6, 6.07) is 2.09. The Morgan fingerprint density at radius 3 is 3.23 bits per heavy atom. The topological polar surface area (TPSA) is 38.9 Å². The SMILES string of the molecule is Cc1ccnc2c1CCCC2CN. The highest BCUT2D eigenvalue weighted by Gasteiger charge is 2.20. The van der Waals surface area contributed by atoms with Crippen molar-refractivity contribution in [1.29, 1.82) is 0 Å². The Labute approximate surface area is 79.2 Å². The average Bonchev–Trinajstić information content (AvgIpc) is 2.18. The minimum absolute atomic E-state index is 0.503. The second kappa shape index (κ2) is 3.46. The van der Waals surface area contributed by atoms with Gasteiger partial charge in [-0.15, -0.1) is 0 Å². The minimum Gasteiger partial charge on any atom is -0.330 e. The summed E-state index contributed by atoms with van der Waals surface area (Å²) >= 11 is 0. The zero-order chi connectivity index (χ0) is 9.26. The number of nitrogens with zero attached hydrogens (tertiary/aromatic N) is 1. The summed E-state index contributed by atoms with van der Waals surface area (Å²) in [6.07, 6.45) is 5.56. The molecule has 1 heterocycles. The Kier molecular flexibility index (Phi) is 2.32. The molecule has 1 atom stereocenters. The summed E-state index contributed by atoms with van der Waals surface area (Å²) in [4.78, 5) is 4.45. The van der Waals surface area contributed by atoms with Crippen LogP contribution in [0.2, 0.25) is 0 Å². The summed E-state index contributed by atoms with van der Waals surface area (Å²) in [5.74, 6) is 0.503. The van der Waals surface area contributed by atoms with Gasteiger partial charge in [0.1, 0.15) is 0 Å². The van der Waals surface area contributed by atoms with Gasteiger partial charge in [0.05, 0.1) is 0 Å². The Balaban J connectivity index is 2.45. The highest BCUT2D eigenvalue weighted by Crippen LogP contribution is 2.30. The van der Waals surface area contributed by atoms with E-state index in [0.717, 1.165) is 6.54 Å². The van der Waals surface area contributed by atoms with Gasteiger partial charge in [0.2, 0.25) is 0 Å². The van der Waals surface area contributed by atoms with Crippen molar-refractivity contribution in [3.8, 4) is 0 Å². The lowest BCUT2D eigenvalue weighted by atomic mass is 9.85. The van der Waals surface area contributed by atoms with E-state index < -0.39 is 0 Å². The third-order valence-electron chi connectivity index (χ3n) is 2.97. The second-order valence-corrected chi connectivity index (χ2v) is 3.82. The van der Waals surface area contributed by atoms with Gasteiger partial charge in [-0.05, 0) is 43.4 Å². The quantitative estimate of drug-likeness (QED) is 0.708. The van der Waals surface area contributed by atoms with Crippen molar-refractivity contribution >= 4 is 0 Å². The lowest BCUT2D eigenvalue weighted by Crippen LogP contribution is -2.20. The third-order valence-corrected chi connectivity index (χ3v) is 2.97. The van der Waals surface area contributed by atoms with Crippen molar-refractivity contribution in [1.82, 2.24) is 4.98 Å². The van der Waals surface area contributed by atoms with Gasteiger partial charge in [0, 0.05) is 24.4 Å². The van der Waals surface area contributed by atoms with Crippen LogP contribution in [-0.4, -0.2) is 11.5 Å². The fourth-order valence-corrected chi connectivity index (χ4v) is 2.18. The smallest absolute Gasteiger partial charge is 0.0481 e. The molecule has 1 aromatic rings. The molecule has 0 saturated heterocycles. The van der Waals surface area contributed by atoms with Gasteiger partial charge in [0.15, 0.2) is 0 Å². The van der Waals surface area contributed by atoms with Gasteiger partial charge in [-0.3, -0.25) is 4.98 Å². The van der Waals surface area contributed by atoms with Crippen molar-refractivity contribution in [2.75, 3.05) is 6.54 Å². The molecule has 0 amide bonds. The molecule has 1 aliphatic rings. The molecule has 70 valence electrons. The monoisotopic (exact) mass is 176 g/mol. The Hall–Kier alpha value is -0.890. The summed E-state index contributed by atoms with van der Waals surface area (Å²) < 4.78 is 0. The fourth-order valence-electron chi connectivity index (χ4n) is 2.18. The molecule has 0 spiro atoms. The average molecular weight is 176 g/mol. The van der Waals surface area contributed by atoms with E-state index in [1.54, 1.807) is 0 Å². The van der Waals surface area contributed by atoms with Crippen molar-refractivity contribution < 1.29 is 0 Å². The molecule has 1 aliphatic carbocycles. The Morgan fingerprint density at radius 2 is 2.46 bits per heavy atom. The highest BCUT2D eigenvalue weighted by atomic mass is 14.7. The maximum Gasteiger partial charge on any atom is 0.0481 e. The predicted octanol–water partition coefficient (Wildman–Crippen LogP) is 1.77. The van der Waals surface area contributed by atoms with E-state index >= 15 is 0 Å². The van der Waals surface area contributed by atoms with Crippen LogP contribution in [0, 0.1) is 6.92 Å². The van der Waals surface area contributed by atoms with Gasteiger partial charge in [-0.2, -0.15) is 0 Å². The summed E-state index contributed by atoms with van der Waals surface area (Å²) in [7, 11) is 0. The van der Waals surface area contributed by atoms with E-state index in [-0.39, 0.29) is 0 Å². The normalized spacial score (nSPS) is 21.2. The number of hydrogen-bond donors (Lipinski definition) is 1. The van der Waals surface area contributed by atoms with Crippen molar-refractivity contribution in [3.63, 3.8) is 0 Å². The van der Waals surface area contributed by atoms with Crippen molar-refractivity contribution in [3.05, 3.63) is 29.1 Å². The zero-order valence-corrected chi connectivity index (χ0v) is 8.09. The minimum atomic E-state index is 0.503. The number of aromatic nitrogens is 1. The maximum absolute atomic E-state index is 5.73. The molecular formula is C11H16N2. The van der Waals surface area contributed by atoms with E-state index in [1.807, 2.05) is 6.20 Å². The van der Waals surface area contributed by atoms with Crippen LogP contribution in [0.25, 0.3) is 0 Å². The van der Waals surface area contributed by atoms with Crippen LogP contribution in [-0.2, 0) is 6.42 Å². The Morgan fingerprint density at radius 1 is 1.62 bits per heavy atom. The van der Waals surface area contributed by atoms with E-state index in [4.69, 9.17) is 5.73 Å². The summed E-state index contributed by atoms with van der Waals surface area (Å²) in [5.41, 5.74) is 9.81. The number of hydrogen-bond acceptors (Lipinski definition) is 2. The van der Waals surface area contributed by atoms with Gasteiger partial charge < -0.3 is 5.73 Å². The van der Waals surface area contributed by atoms with Crippen LogP contribution in [0.15, 0.2) is 12.3 Å². The zero-order valence-electron chi connectivity index (χ0n) is 8.09. The first-order valence-corrected chi connectivity index (χ1v) is 4.97. The van der Waals surface area contributed by atoms with E-state index in [1.165, 1.54) is 36.1 Å². The van der Waals surface area contributed by atoms with Gasteiger partial charge in [-0.1, -0.05) is 0 Å². The number of aryl methyl sites for hydroxylation is 1. The van der Waals surface area contributed by atoms with E-state index in [9.17, 15) is 0 Å². The molecule has 13 heavy (non-hydrogen) atoms. The molecule has 0 aliphatic heterocycles. The van der Waals surface area contributed by atoms with E-state index in [2.05, 4.69) is 18.0 Å². The van der Waals surface area contributed by atoms with Crippen LogP contribution in [0.5, 0.6) is 0 Å². The first-order chi connectivity index (χ1) is 6.33. The van der Waals surface area contributed by atoms with Gasteiger partial charge in [0.25, 0.3) is 0 Å². The van der Waals surface area contributed by atoms with Crippen molar-refractivity contribution in [2.24, 2.45) is 5.73 Å². The Bertz CT molecular complexity index is 307. The van der Waals surface area contributed by atoms with Crippen LogP contribution in [0.4, 0.5) is 0 Å². The molecule has 0 radical (unpaired) electrons. The third kappa shape index (κ3) is 1.46. The van der Waals surface area contributed by atoms with Crippen LogP contribution >= 0.6 is 0 Å². The first kappa shape index (κ1) is 8.70. The lowest BCUT2D eigenvalue weighted by Gasteiger charge is -2.24. The molecule has 0 fully saturated rings. The summed E-state index contributed by atoms with van der Waals surface area (Å²) in [5, 5.41) is 0. The number of rotatable bonds is 1. The van der Waals surface area contributed by atoms with E-state index in [0.29, 0.717) is 5.92 Å². The number of fused-ring (bicyclic) bond motifs is 1. The second-order valence-electron chi connectivity index (χ2n) is 3.82. The molecule has 2 heteroatoms. The maximum atomic E-state index is 5.73. The summed E-state index contributed by atoms with van der Waals surface area (Å²) in [6.45, 7) is 2.91. The molecule has 1 aromatic heterocycles. The first-order valence-electron chi connectivity index (χ1n) is 4.97. The molecule has 2 N–H and O–H groups in total. The van der Waals surface area contributed by atoms with Crippen molar-refractivity contribution in [2.45, 2.75) is 32.1 Å². The standard InChI is InChI=1S/C11H16N2/c1-8-5-6-13-11-9(7-12)3-2-4-10(8)11/h5-6,9H,2-4,7,12H2,1H3. The molecule has 0 aromatic carbocycles. The predicted molar refractivity (Wildman–Crippen MR) is 53.7 cm³/mol. The molecule has 0 saturated carbocycles. The fraction of sp³-hybridized carbons (Fsp3) is 0.545. The van der Waals surface area contributed by atoms with Crippen LogP contribution < -0.4 is 5.73 Å². The van der Waals surface area contributed by atoms with Gasteiger partial charge in [-0.25, -0.2) is 0 Å². The number of nitrogens with two attached hydrogens (primary N) is 1.